The highest BCUT2D eigenvalue weighted by Crippen LogP contribution is 2.37. The van der Waals surface area contributed by atoms with Gasteiger partial charge < -0.3 is 11.1 Å². The Morgan fingerprint density at radius 1 is 1.25 bits per heavy atom. The summed E-state index contributed by atoms with van der Waals surface area (Å²) in [6, 6.07) is 8.05. The average Bonchev–Trinajstić information content (AvgIpc) is 3.21. The van der Waals surface area contributed by atoms with Crippen molar-refractivity contribution in [1.29, 1.82) is 0 Å². The van der Waals surface area contributed by atoms with E-state index in [9.17, 15) is 9.59 Å². The highest BCUT2D eigenvalue weighted by atomic mass is 35.5. The van der Waals surface area contributed by atoms with E-state index in [4.69, 9.17) is 5.73 Å². The summed E-state index contributed by atoms with van der Waals surface area (Å²) in [7, 11) is 0. The summed E-state index contributed by atoms with van der Waals surface area (Å²) < 4.78 is 0.954. The first-order valence-electron chi connectivity index (χ1n) is 8.79. The molecule has 148 valence electrons. The van der Waals surface area contributed by atoms with Gasteiger partial charge in [0, 0.05) is 24.0 Å². The molecule has 0 unspecified atom stereocenters. The minimum atomic E-state index is -0.495. The lowest BCUT2D eigenvalue weighted by Crippen LogP contribution is -2.35. The van der Waals surface area contributed by atoms with Crippen LogP contribution >= 0.6 is 35.1 Å². The Labute approximate surface area is 177 Å². The molecule has 1 aromatic carbocycles. The summed E-state index contributed by atoms with van der Waals surface area (Å²) in [6.45, 7) is 5.97. The third kappa shape index (κ3) is 3.77. The molecule has 1 aliphatic rings. The molecule has 28 heavy (non-hydrogen) atoms. The smallest absolute Gasteiger partial charge is 0.285 e. The first-order chi connectivity index (χ1) is 12.9. The van der Waals surface area contributed by atoms with Crippen LogP contribution in [0.3, 0.4) is 0 Å². The summed E-state index contributed by atoms with van der Waals surface area (Å²) >= 11 is 2.78. The van der Waals surface area contributed by atoms with Crippen molar-refractivity contribution in [2.75, 3.05) is 11.9 Å². The second-order valence-corrected chi connectivity index (χ2v) is 8.96. The Morgan fingerprint density at radius 3 is 2.68 bits per heavy atom. The number of thiophene rings is 1. The predicted molar refractivity (Wildman–Crippen MR) is 117 cm³/mol. The number of anilines is 1. The first kappa shape index (κ1) is 20.7. The normalized spacial score (nSPS) is 14.0. The minimum Gasteiger partial charge on any atom is -0.365 e. The van der Waals surface area contributed by atoms with Crippen molar-refractivity contribution in [3.63, 3.8) is 0 Å². The second kappa shape index (κ2) is 8.16. The molecule has 0 bridgehead atoms. The van der Waals surface area contributed by atoms with Crippen molar-refractivity contribution in [2.45, 2.75) is 32.9 Å². The van der Waals surface area contributed by atoms with Gasteiger partial charge in [-0.15, -0.1) is 35.1 Å². The summed E-state index contributed by atoms with van der Waals surface area (Å²) in [5, 5.41) is 3.79. The van der Waals surface area contributed by atoms with Crippen LogP contribution in [0.1, 0.15) is 44.4 Å². The van der Waals surface area contributed by atoms with E-state index < -0.39 is 5.91 Å². The third-order valence-electron chi connectivity index (χ3n) is 4.78. The van der Waals surface area contributed by atoms with Crippen LogP contribution in [0.4, 0.5) is 5.00 Å². The van der Waals surface area contributed by atoms with E-state index in [1.807, 2.05) is 24.3 Å². The number of thiazole rings is 1. The van der Waals surface area contributed by atoms with Crippen LogP contribution < -0.4 is 11.1 Å². The number of amides is 2. The van der Waals surface area contributed by atoms with Crippen LogP contribution in [-0.4, -0.2) is 34.3 Å². The van der Waals surface area contributed by atoms with Crippen LogP contribution in [0.5, 0.6) is 0 Å². The van der Waals surface area contributed by atoms with Gasteiger partial charge in [-0.05, 0) is 38.0 Å². The van der Waals surface area contributed by atoms with E-state index in [-0.39, 0.29) is 18.3 Å². The van der Waals surface area contributed by atoms with E-state index in [1.165, 1.54) is 22.7 Å². The fourth-order valence-corrected chi connectivity index (χ4v) is 5.47. The molecular weight excluding hydrogens is 416 g/mol. The lowest BCUT2D eigenvalue weighted by molar-refractivity contribution is 0.0999. The van der Waals surface area contributed by atoms with Gasteiger partial charge in [0.15, 0.2) is 5.01 Å². The molecule has 2 aromatic heterocycles. The summed E-state index contributed by atoms with van der Waals surface area (Å²) in [6.07, 6.45) is 0.763. The number of rotatable bonds is 4. The number of fused-ring (bicyclic) bond motifs is 2. The van der Waals surface area contributed by atoms with Crippen LogP contribution in [-0.2, 0) is 13.0 Å². The fourth-order valence-electron chi connectivity index (χ4n) is 3.34. The van der Waals surface area contributed by atoms with Crippen molar-refractivity contribution in [1.82, 2.24) is 9.88 Å². The molecule has 0 spiro atoms. The summed E-state index contributed by atoms with van der Waals surface area (Å²) in [4.78, 5) is 32.6. The van der Waals surface area contributed by atoms with E-state index in [2.05, 4.69) is 29.0 Å². The number of carbonyl (C=O) groups excluding carboxylic acids is 2. The molecule has 0 radical (unpaired) electrons. The van der Waals surface area contributed by atoms with Gasteiger partial charge in [-0.25, -0.2) is 4.98 Å². The molecule has 9 heteroatoms. The molecule has 0 atom stereocenters. The van der Waals surface area contributed by atoms with E-state index in [0.29, 0.717) is 21.6 Å². The number of hydrogen-bond donors (Lipinski definition) is 2. The molecule has 3 N–H and O–H groups in total. The zero-order valence-electron chi connectivity index (χ0n) is 15.5. The van der Waals surface area contributed by atoms with Gasteiger partial charge >= 0.3 is 0 Å². The number of para-hydroxylation sites is 1. The molecule has 4 rings (SSSR count). The van der Waals surface area contributed by atoms with Gasteiger partial charge in [0.1, 0.15) is 5.00 Å². The van der Waals surface area contributed by atoms with Crippen LogP contribution in [0.15, 0.2) is 24.3 Å². The number of halogens is 1. The van der Waals surface area contributed by atoms with Crippen molar-refractivity contribution in [3.8, 4) is 0 Å². The predicted octanol–water partition coefficient (Wildman–Crippen LogP) is 3.90. The third-order valence-corrected chi connectivity index (χ3v) is 6.95. The Morgan fingerprint density at radius 2 is 2.00 bits per heavy atom. The Bertz CT molecular complexity index is 1010. The second-order valence-electron chi connectivity index (χ2n) is 6.83. The van der Waals surface area contributed by atoms with Gasteiger partial charge in [0.2, 0.25) is 0 Å². The van der Waals surface area contributed by atoms with Crippen molar-refractivity contribution < 1.29 is 9.59 Å². The number of carbonyl (C=O) groups is 2. The number of nitrogens with one attached hydrogen (secondary N) is 1. The molecule has 3 aromatic rings. The SMILES string of the molecule is CC(C)N1CCc2c(sc(NC(=O)c3nc4ccccc4s3)c2C(N)=O)C1.Cl. The first-order valence-corrected chi connectivity index (χ1v) is 10.4. The van der Waals surface area contributed by atoms with E-state index in [0.717, 1.165) is 40.2 Å². The molecule has 0 saturated carbocycles. The van der Waals surface area contributed by atoms with Gasteiger partial charge in [-0.1, -0.05) is 12.1 Å². The number of primary amides is 1. The standard InChI is InChI=1S/C19H20N4O2S2.ClH/c1-10(2)23-8-7-11-14(9-23)27-18(15(11)16(20)24)22-17(25)19-21-12-5-3-4-6-13(12)26-19;/h3-6,10H,7-9H2,1-2H3,(H2,20,24)(H,22,25);1H. The highest BCUT2D eigenvalue weighted by molar-refractivity contribution is 7.20. The molecule has 1 aliphatic heterocycles. The maximum Gasteiger partial charge on any atom is 0.285 e. The average molecular weight is 437 g/mol. The highest BCUT2D eigenvalue weighted by Gasteiger charge is 2.29. The van der Waals surface area contributed by atoms with E-state index in [1.54, 1.807) is 0 Å². The quantitative estimate of drug-likeness (QED) is 0.649. The van der Waals surface area contributed by atoms with Gasteiger partial charge in [0.05, 0.1) is 15.8 Å². The topological polar surface area (TPSA) is 88.3 Å². The lowest BCUT2D eigenvalue weighted by Gasteiger charge is -2.30. The number of hydrogen-bond acceptors (Lipinski definition) is 6. The van der Waals surface area contributed by atoms with Crippen molar-refractivity contribution in [3.05, 3.63) is 45.3 Å². The number of nitrogens with zero attached hydrogens (tertiary/aromatic N) is 2. The zero-order chi connectivity index (χ0) is 19.1. The Kier molecular flexibility index (Phi) is 6.04. The summed E-state index contributed by atoms with van der Waals surface area (Å²) in [5.41, 5.74) is 7.86. The zero-order valence-corrected chi connectivity index (χ0v) is 18.0. The molecule has 0 fully saturated rings. The summed E-state index contributed by atoms with van der Waals surface area (Å²) in [5.74, 6) is -0.803. The maximum absolute atomic E-state index is 12.7. The molecule has 2 amide bonds. The largest absolute Gasteiger partial charge is 0.365 e. The number of benzene rings is 1. The monoisotopic (exact) mass is 436 g/mol. The maximum atomic E-state index is 12.7. The van der Waals surface area contributed by atoms with Crippen LogP contribution in [0.25, 0.3) is 10.2 Å². The van der Waals surface area contributed by atoms with Gasteiger partial charge in [-0.2, -0.15) is 0 Å². The molecule has 0 aliphatic carbocycles. The lowest BCUT2D eigenvalue weighted by atomic mass is 10.0. The van der Waals surface area contributed by atoms with Crippen LogP contribution in [0, 0.1) is 0 Å². The van der Waals surface area contributed by atoms with Crippen molar-refractivity contribution in [2.24, 2.45) is 5.73 Å². The van der Waals surface area contributed by atoms with Gasteiger partial charge in [0.25, 0.3) is 11.8 Å². The number of aromatic nitrogens is 1. The molecule has 0 saturated heterocycles. The van der Waals surface area contributed by atoms with Crippen molar-refractivity contribution >= 4 is 62.1 Å². The Hall–Kier alpha value is -2.00. The van der Waals surface area contributed by atoms with Gasteiger partial charge in [-0.3, -0.25) is 14.5 Å². The molecule has 3 heterocycles. The number of nitrogens with two attached hydrogens (primary N) is 1. The fraction of sp³-hybridized carbons (Fsp3) is 0.316. The molecular formula is C19H21ClN4O2S2. The Balaban J connectivity index is 0.00000225. The molecule has 6 nitrogen and oxygen atoms in total. The van der Waals surface area contributed by atoms with E-state index >= 15 is 0 Å². The van der Waals surface area contributed by atoms with Crippen LogP contribution in [0.2, 0.25) is 0 Å². The minimum absolute atomic E-state index is 0.